The third-order valence-corrected chi connectivity index (χ3v) is 6.56. The van der Waals surface area contributed by atoms with Gasteiger partial charge in [-0.15, -0.1) is 11.3 Å². The van der Waals surface area contributed by atoms with Crippen LogP contribution in [0.4, 0.5) is 5.00 Å². The van der Waals surface area contributed by atoms with Gasteiger partial charge in [-0.05, 0) is 67.9 Å². The molecular formula is C22H26BrNO4S. The van der Waals surface area contributed by atoms with Gasteiger partial charge in [-0.2, -0.15) is 0 Å². The maximum atomic E-state index is 12.6. The zero-order valence-electron chi connectivity index (χ0n) is 17.0. The third-order valence-electron chi connectivity index (χ3n) is 4.86. The minimum absolute atomic E-state index is 0.119. The molecule has 0 unspecified atom stereocenters. The number of benzene rings is 1. The first-order chi connectivity index (χ1) is 13.9. The number of rotatable bonds is 7. The fraction of sp³-hybridized carbons (Fsp3) is 0.455. The molecule has 0 aliphatic heterocycles. The van der Waals surface area contributed by atoms with E-state index in [9.17, 15) is 9.59 Å². The molecule has 0 saturated heterocycles. The summed E-state index contributed by atoms with van der Waals surface area (Å²) in [6, 6.07) is 5.76. The summed E-state index contributed by atoms with van der Waals surface area (Å²) in [7, 11) is 0. The van der Waals surface area contributed by atoms with Crippen molar-refractivity contribution in [1.29, 1.82) is 0 Å². The largest absolute Gasteiger partial charge is 0.483 e. The average Bonchev–Trinajstić information content (AvgIpc) is 3.04. The van der Waals surface area contributed by atoms with E-state index in [2.05, 4.69) is 35.1 Å². The highest BCUT2D eigenvalue weighted by molar-refractivity contribution is 9.10. The Hall–Kier alpha value is -1.86. The van der Waals surface area contributed by atoms with Crippen LogP contribution in [0.1, 0.15) is 65.9 Å². The van der Waals surface area contributed by atoms with Crippen LogP contribution in [0.5, 0.6) is 5.75 Å². The number of anilines is 1. The lowest BCUT2D eigenvalue weighted by atomic mass is 9.95. The van der Waals surface area contributed by atoms with Crippen LogP contribution in [0, 0.1) is 0 Å². The summed E-state index contributed by atoms with van der Waals surface area (Å²) >= 11 is 4.96. The molecule has 3 rings (SSSR count). The molecule has 0 atom stereocenters. The predicted octanol–water partition coefficient (Wildman–Crippen LogP) is 5.71. The van der Waals surface area contributed by atoms with Crippen molar-refractivity contribution in [1.82, 2.24) is 0 Å². The maximum Gasteiger partial charge on any atom is 0.341 e. The Morgan fingerprint density at radius 2 is 2.00 bits per heavy atom. The Bertz CT molecular complexity index is 906. The van der Waals surface area contributed by atoms with Gasteiger partial charge >= 0.3 is 5.97 Å². The summed E-state index contributed by atoms with van der Waals surface area (Å²) in [6.07, 6.45) is 3.94. The molecular weight excluding hydrogens is 454 g/mol. The SMILES string of the molecule is CCOC(=O)c1c(NC(=O)COc2ccc(Br)cc2C(C)C)sc2c1CCCC2. The van der Waals surface area contributed by atoms with Crippen LogP contribution in [0.2, 0.25) is 0 Å². The van der Waals surface area contributed by atoms with Crippen molar-refractivity contribution in [3.63, 3.8) is 0 Å². The number of nitrogens with one attached hydrogen (secondary N) is 1. The molecule has 0 fully saturated rings. The molecule has 1 N–H and O–H groups in total. The topological polar surface area (TPSA) is 64.6 Å². The number of halogens is 1. The van der Waals surface area contributed by atoms with Gasteiger partial charge in [-0.1, -0.05) is 29.8 Å². The highest BCUT2D eigenvalue weighted by Gasteiger charge is 2.27. The number of ether oxygens (including phenoxy) is 2. The number of aryl methyl sites for hydroxylation is 1. The van der Waals surface area contributed by atoms with E-state index >= 15 is 0 Å². The van der Waals surface area contributed by atoms with Crippen molar-refractivity contribution in [3.05, 3.63) is 44.2 Å². The summed E-state index contributed by atoms with van der Waals surface area (Å²) in [6.45, 7) is 6.13. The minimum Gasteiger partial charge on any atom is -0.483 e. The van der Waals surface area contributed by atoms with Crippen LogP contribution < -0.4 is 10.1 Å². The van der Waals surface area contributed by atoms with Gasteiger partial charge < -0.3 is 14.8 Å². The molecule has 0 spiro atoms. The summed E-state index contributed by atoms with van der Waals surface area (Å²) in [5.41, 5.74) is 2.59. The van der Waals surface area contributed by atoms with Gasteiger partial charge in [-0.3, -0.25) is 4.79 Å². The lowest BCUT2D eigenvalue weighted by molar-refractivity contribution is -0.118. The molecule has 0 bridgehead atoms. The molecule has 156 valence electrons. The highest BCUT2D eigenvalue weighted by atomic mass is 79.9. The number of carbonyl (C=O) groups is 2. The summed E-state index contributed by atoms with van der Waals surface area (Å²) in [5.74, 6) is 0.310. The van der Waals surface area contributed by atoms with Gasteiger partial charge in [0.15, 0.2) is 6.61 Å². The van der Waals surface area contributed by atoms with E-state index in [1.165, 1.54) is 16.2 Å². The van der Waals surface area contributed by atoms with E-state index in [-0.39, 0.29) is 24.4 Å². The molecule has 29 heavy (non-hydrogen) atoms. The zero-order chi connectivity index (χ0) is 21.0. The fourth-order valence-electron chi connectivity index (χ4n) is 3.48. The van der Waals surface area contributed by atoms with Crippen LogP contribution in [-0.4, -0.2) is 25.1 Å². The number of amides is 1. The van der Waals surface area contributed by atoms with Gasteiger partial charge in [0, 0.05) is 9.35 Å². The lowest BCUT2D eigenvalue weighted by Gasteiger charge is -2.14. The summed E-state index contributed by atoms with van der Waals surface area (Å²) in [4.78, 5) is 26.3. The number of fused-ring (bicyclic) bond motifs is 1. The lowest BCUT2D eigenvalue weighted by Crippen LogP contribution is -2.21. The minimum atomic E-state index is -0.363. The van der Waals surface area contributed by atoms with Crippen LogP contribution in [0.15, 0.2) is 22.7 Å². The standard InChI is InChI=1S/C22H26BrNO4S/c1-4-27-22(26)20-15-7-5-6-8-18(15)29-21(20)24-19(25)12-28-17-10-9-14(23)11-16(17)13(2)3/h9-11,13H,4-8,12H2,1-3H3,(H,24,25). The van der Waals surface area contributed by atoms with E-state index in [1.54, 1.807) is 6.92 Å². The molecule has 1 aromatic heterocycles. The fourth-order valence-corrected chi connectivity index (χ4v) is 5.15. The molecule has 1 heterocycles. The normalized spacial score (nSPS) is 13.1. The number of hydrogen-bond acceptors (Lipinski definition) is 5. The predicted molar refractivity (Wildman–Crippen MR) is 119 cm³/mol. The van der Waals surface area contributed by atoms with E-state index < -0.39 is 0 Å². The van der Waals surface area contributed by atoms with Crippen molar-refractivity contribution in [2.75, 3.05) is 18.5 Å². The Labute approximate surface area is 183 Å². The second kappa shape index (κ2) is 9.76. The summed E-state index contributed by atoms with van der Waals surface area (Å²) in [5, 5.41) is 3.45. The van der Waals surface area contributed by atoms with Crippen LogP contribution >= 0.6 is 27.3 Å². The quantitative estimate of drug-likeness (QED) is 0.516. The van der Waals surface area contributed by atoms with Gasteiger partial charge in [0.25, 0.3) is 5.91 Å². The molecule has 1 amide bonds. The van der Waals surface area contributed by atoms with Crippen molar-refractivity contribution in [2.45, 2.75) is 52.4 Å². The smallest absolute Gasteiger partial charge is 0.341 e. The first-order valence-corrected chi connectivity index (χ1v) is 11.5. The molecule has 2 aromatic rings. The number of hydrogen-bond donors (Lipinski definition) is 1. The van der Waals surface area contributed by atoms with Crippen LogP contribution in [-0.2, 0) is 22.4 Å². The van der Waals surface area contributed by atoms with E-state index in [0.717, 1.165) is 41.3 Å². The van der Waals surface area contributed by atoms with Crippen LogP contribution in [0.3, 0.4) is 0 Å². The van der Waals surface area contributed by atoms with Gasteiger partial charge in [0.2, 0.25) is 0 Å². The van der Waals surface area contributed by atoms with Crippen molar-refractivity contribution in [3.8, 4) is 5.75 Å². The monoisotopic (exact) mass is 479 g/mol. The Kier molecular flexibility index (Phi) is 7.35. The average molecular weight is 480 g/mol. The second-order valence-corrected chi connectivity index (χ2v) is 9.33. The number of carbonyl (C=O) groups excluding carboxylic acids is 2. The van der Waals surface area contributed by atoms with E-state index in [4.69, 9.17) is 9.47 Å². The van der Waals surface area contributed by atoms with Crippen molar-refractivity contribution in [2.24, 2.45) is 0 Å². The van der Waals surface area contributed by atoms with Crippen molar-refractivity contribution < 1.29 is 19.1 Å². The third kappa shape index (κ3) is 5.20. The molecule has 7 heteroatoms. The molecule has 1 aliphatic rings. The molecule has 0 saturated carbocycles. The van der Waals surface area contributed by atoms with E-state index in [1.807, 2.05) is 18.2 Å². The van der Waals surface area contributed by atoms with Crippen LogP contribution in [0.25, 0.3) is 0 Å². The van der Waals surface area contributed by atoms with Crippen molar-refractivity contribution >= 4 is 44.1 Å². The Morgan fingerprint density at radius 1 is 1.24 bits per heavy atom. The highest BCUT2D eigenvalue weighted by Crippen LogP contribution is 2.38. The molecule has 5 nitrogen and oxygen atoms in total. The molecule has 0 radical (unpaired) electrons. The van der Waals surface area contributed by atoms with Gasteiger partial charge in [-0.25, -0.2) is 4.79 Å². The van der Waals surface area contributed by atoms with E-state index in [0.29, 0.717) is 22.9 Å². The number of esters is 1. The second-order valence-electron chi connectivity index (χ2n) is 7.31. The first kappa shape index (κ1) is 21.8. The Morgan fingerprint density at radius 3 is 2.72 bits per heavy atom. The zero-order valence-corrected chi connectivity index (χ0v) is 19.4. The molecule has 1 aliphatic carbocycles. The number of thiophene rings is 1. The van der Waals surface area contributed by atoms with Gasteiger partial charge in [0.1, 0.15) is 10.8 Å². The maximum absolute atomic E-state index is 12.6. The first-order valence-electron chi connectivity index (χ1n) is 9.94. The summed E-state index contributed by atoms with van der Waals surface area (Å²) < 4.78 is 12.0. The molecule has 1 aromatic carbocycles. The van der Waals surface area contributed by atoms with Gasteiger partial charge in [0.05, 0.1) is 12.2 Å². The Balaban J connectivity index is 1.74.